The predicted octanol–water partition coefficient (Wildman–Crippen LogP) is 4.00. The quantitative estimate of drug-likeness (QED) is 0.767. The van der Waals surface area contributed by atoms with E-state index in [0.29, 0.717) is 5.39 Å². The zero-order valence-electron chi connectivity index (χ0n) is 8.15. The molecule has 0 spiro atoms. The highest BCUT2D eigenvalue weighted by Gasteiger charge is 2.36. The van der Waals surface area contributed by atoms with Gasteiger partial charge in [-0.05, 0) is 13.0 Å². The standard InChI is InChI=1S/C10H7ClF3NO/c1-4-8(10(12,13)14)6(11)2-5-7(15)3-16-9(4)5/h2-3H,15H2,1H3. The maximum Gasteiger partial charge on any atom is 0.418 e. The molecule has 2 rings (SSSR count). The lowest BCUT2D eigenvalue weighted by molar-refractivity contribution is -0.137. The molecule has 0 atom stereocenters. The van der Waals surface area contributed by atoms with Crippen LogP contribution in [0.3, 0.4) is 0 Å². The minimum atomic E-state index is -4.50. The zero-order chi connectivity index (χ0) is 12.1. The Morgan fingerprint density at radius 1 is 1.38 bits per heavy atom. The maximum atomic E-state index is 12.7. The van der Waals surface area contributed by atoms with E-state index < -0.39 is 11.7 Å². The summed E-state index contributed by atoms with van der Waals surface area (Å²) in [5.74, 6) is 0. The van der Waals surface area contributed by atoms with Crippen LogP contribution in [0.1, 0.15) is 11.1 Å². The summed E-state index contributed by atoms with van der Waals surface area (Å²) in [7, 11) is 0. The van der Waals surface area contributed by atoms with Crippen molar-refractivity contribution >= 4 is 28.3 Å². The number of hydrogen-bond acceptors (Lipinski definition) is 2. The molecule has 0 radical (unpaired) electrons. The summed E-state index contributed by atoms with van der Waals surface area (Å²) in [6.07, 6.45) is -3.30. The van der Waals surface area contributed by atoms with Crippen LogP contribution in [0.25, 0.3) is 11.0 Å². The van der Waals surface area contributed by atoms with Gasteiger partial charge < -0.3 is 10.2 Å². The van der Waals surface area contributed by atoms with Gasteiger partial charge in [-0.2, -0.15) is 13.2 Å². The molecule has 1 aromatic carbocycles. The second-order valence-corrected chi connectivity index (χ2v) is 3.83. The van der Waals surface area contributed by atoms with Gasteiger partial charge in [-0.25, -0.2) is 0 Å². The number of furan rings is 1. The van der Waals surface area contributed by atoms with Crippen LogP contribution >= 0.6 is 11.6 Å². The number of benzene rings is 1. The fourth-order valence-electron chi connectivity index (χ4n) is 1.66. The van der Waals surface area contributed by atoms with Crippen molar-refractivity contribution < 1.29 is 17.6 Å². The molecule has 2 aromatic rings. The maximum absolute atomic E-state index is 12.7. The van der Waals surface area contributed by atoms with Crippen LogP contribution in [0.15, 0.2) is 16.7 Å². The van der Waals surface area contributed by atoms with Gasteiger partial charge in [0, 0.05) is 10.9 Å². The number of anilines is 1. The fourth-order valence-corrected chi connectivity index (χ4v) is 2.02. The summed E-state index contributed by atoms with van der Waals surface area (Å²) < 4.78 is 43.0. The molecule has 0 fully saturated rings. The molecule has 86 valence electrons. The number of halogens is 4. The summed E-state index contributed by atoms with van der Waals surface area (Å²) in [6, 6.07) is 1.17. The summed E-state index contributed by atoms with van der Waals surface area (Å²) in [5, 5.41) is 0.0288. The average Bonchev–Trinajstić information content (AvgIpc) is 2.46. The summed E-state index contributed by atoms with van der Waals surface area (Å²) in [6.45, 7) is 1.31. The lowest BCUT2D eigenvalue weighted by Gasteiger charge is -2.12. The number of aryl methyl sites for hydroxylation is 1. The van der Waals surface area contributed by atoms with E-state index in [2.05, 4.69) is 0 Å². The highest BCUT2D eigenvalue weighted by molar-refractivity contribution is 6.32. The minimum Gasteiger partial charge on any atom is -0.462 e. The zero-order valence-corrected chi connectivity index (χ0v) is 8.91. The van der Waals surface area contributed by atoms with E-state index in [1.807, 2.05) is 0 Å². The molecular formula is C10H7ClF3NO. The molecule has 6 heteroatoms. The first-order valence-electron chi connectivity index (χ1n) is 4.35. The molecule has 1 aromatic heterocycles. The molecule has 0 amide bonds. The molecule has 2 nitrogen and oxygen atoms in total. The molecule has 16 heavy (non-hydrogen) atoms. The van der Waals surface area contributed by atoms with E-state index in [4.69, 9.17) is 21.8 Å². The van der Waals surface area contributed by atoms with E-state index in [0.717, 1.165) is 0 Å². The Hall–Kier alpha value is -1.36. The molecule has 0 aliphatic rings. The van der Waals surface area contributed by atoms with Crippen LogP contribution in [-0.4, -0.2) is 0 Å². The van der Waals surface area contributed by atoms with Crippen LogP contribution < -0.4 is 5.73 Å². The molecule has 0 bridgehead atoms. The monoisotopic (exact) mass is 249 g/mol. The molecule has 0 saturated carbocycles. The van der Waals surface area contributed by atoms with E-state index in [9.17, 15) is 13.2 Å². The van der Waals surface area contributed by atoms with Crippen molar-refractivity contribution in [3.05, 3.63) is 28.5 Å². The Labute approximate surface area is 93.8 Å². The number of nitrogens with two attached hydrogens (primary N) is 1. The normalized spacial score (nSPS) is 12.3. The van der Waals surface area contributed by atoms with E-state index in [1.54, 1.807) is 0 Å². The van der Waals surface area contributed by atoms with Crippen LogP contribution in [0.5, 0.6) is 0 Å². The molecule has 0 saturated heterocycles. The fraction of sp³-hybridized carbons (Fsp3) is 0.200. The van der Waals surface area contributed by atoms with E-state index >= 15 is 0 Å². The van der Waals surface area contributed by atoms with E-state index in [-0.39, 0.29) is 21.9 Å². The Morgan fingerprint density at radius 3 is 2.56 bits per heavy atom. The van der Waals surface area contributed by atoms with Crippen LogP contribution in [0.4, 0.5) is 18.9 Å². The van der Waals surface area contributed by atoms with Gasteiger partial charge in [0.2, 0.25) is 0 Å². The Morgan fingerprint density at radius 2 is 2.00 bits per heavy atom. The van der Waals surface area contributed by atoms with Crippen molar-refractivity contribution in [3.63, 3.8) is 0 Å². The molecule has 2 N–H and O–H groups in total. The molecular weight excluding hydrogens is 243 g/mol. The molecule has 0 aliphatic heterocycles. The first-order chi connectivity index (χ1) is 7.32. The van der Waals surface area contributed by atoms with Crippen LogP contribution in [0.2, 0.25) is 5.02 Å². The largest absolute Gasteiger partial charge is 0.462 e. The Bertz CT molecular complexity index is 559. The minimum absolute atomic E-state index is 0.0494. The number of hydrogen-bond donors (Lipinski definition) is 1. The van der Waals surface area contributed by atoms with E-state index in [1.165, 1.54) is 19.3 Å². The van der Waals surface area contributed by atoms with Crippen LogP contribution in [-0.2, 0) is 6.18 Å². The molecule has 0 unspecified atom stereocenters. The van der Waals surface area contributed by atoms with Gasteiger partial charge in [0.1, 0.15) is 11.8 Å². The molecule has 0 aliphatic carbocycles. The van der Waals surface area contributed by atoms with Gasteiger partial charge in [0.25, 0.3) is 0 Å². The van der Waals surface area contributed by atoms with Gasteiger partial charge >= 0.3 is 6.18 Å². The third-order valence-corrected chi connectivity index (χ3v) is 2.67. The van der Waals surface area contributed by atoms with Crippen molar-refractivity contribution in [3.8, 4) is 0 Å². The number of nitrogen functional groups attached to an aromatic ring is 1. The topological polar surface area (TPSA) is 39.2 Å². The van der Waals surface area contributed by atoms with Crippen LogP contribution in [0, 0.1) is 6.92 Å². The highest BCUT2D eigenvalue weighted by atomic mass is 35.5. The van der Waals surface area contributed by atoms with Crippen molar-refractivity contribution in [1.29, 1.82) is 0 Å². The number of fused-ring (bicyclic) bond motifs is 1. The van der Waals surface area contributed by atoms with Gasteiger partial charge in [-0.15, -0.1) is 0 Å². The molecule has 1 heterocycles. The van der Waals surface area contributed by atoms with Crippen molar-refractivity contribution in [1.82, 2.24) is 0 Å². The first kappa shape index (κ1) is 11.1. The second-order valence-electron chi connectivity index (χ2n) is 3.42. The van der Waals surface area contributed by atoms with Crippen molar-refractivity contribution in [2.45, 2.75) is 13.1 Å². The summed E-state index contributed by atoms with van der Waals surface area (Å²) in [4.78, 5) is 0. The highest BCUT2D eigenvalue weighted by Crippen LogP contribution is 2.41. The van der Waals surface area contributed by atoms with Gasteiger partial charge in [-0.3, -0.25) is 0 Å². The third kappa shape index (κ3) is 1.51. The lowest BCUT2D eigenvalue weighted by atomic mass is 10.1. The van der Waals surface area contributed by atoms with Crippen molar-refractivity contribution in [2.75, 3.05) is 5.73 Å². The third-order valence-electron chi connectivity index (χ3n) is 2.37. The predicted molar refractivity (Wildman–Crippen MR) is 55.4 cm³/mol. The number of alkyl halides is 3. The number of rotatable bonds is 0. The Balaban J connectivity index is 2.87. The van der Waals surface area contributed by atoms with Gasteiger partial charge in [0.15, 0.2) is 0 Å². The van der Waals surface area contributed by atoms with Crippen molar-refractivity contribution in [2.24, 2.45) is 0 Å². The van der Waals surface area contributed by atoms with Gasteiger partial charge in [0.05, 0.1) is 16.3 Å². The SMILES string of the molecule is Cc1c(C(F)(F)F)c(Cl)cc2c(N)coc12. The average molecular weight is 250 g/mol. The second kappa shape index (κ2) is 3.31. The lowest BCUT2D eigenvalue weighted by Crippen LogP contribution is -2.08. The summed E-state index contributed by atoms with van der Waals surface area (Å²) in [5.41, 5.74) is 5.00. The summed E-state index contributed by atoms with van der Waals surface area (Å²) >= 11 is 5.60. The first-order valence-corrected chi connectivity index (χ1v) is 4.73. The Kier molecular flexibility index (Phi) is 2.31. The van der Waals surface area contributed by atoms with Gasteiger partial charge in [-0.1, -0.05) is 11.6 Å². The smallest absolute Gasteiger partial charge is 0.418 e.